The number of hydrogen-bond donors (Lipinski definition) is 1. The number of rotatable bonds is 8. The van der Waals surface area contributed by atoms with Gasteiger partial charge in [0.15, 0.2) is 5.16 Å². The Morgan fingerprint density at radius 3 is 2.64 bits per heavy atom. The second-order valence-electron chi connectivity index (χ2n) is 5.72. The first-order chi connectivity index (χ1) is 12.3. The Bertz CT molecular complexity index is 802. The molecule has 0 unspecified atom stereocenters. The van der Waals surface area contributed by atoms with Crippen LogP contribution in [0.4, 0.5) is 0 Å². The number of hydrogen-bond acceptors (Lipinski definition) is 4. The average Bonchev–Trinajstić information content (AvgIpc) is 3.07. The molecule has 0 amide bonds. The quantitative estimate of drug-likeness (QED) is 0.623. The van der Waals surface area contributed by atoms with Gasteiger partial charge in [0, 0.05) is 12.3 Å². The van der Waals surface area contributed by atoms with Crippen molar-refractivity contribution in [1.29, 1.82) is 0 Å². The van der Waals surface area contributed by atoms with Gasteiger partial charge in [0.2, 0.25) is 0 Å². The SMILES string of the molecule is COc1cccc(CSc2ncc(CO)n2CCc2ccccc2)c1. The van der Waals surface area contributed by atoms with E-state index < -0.39 is 0 Å². The van der Waals surface area contributed by atoms with Crippen molar-refractivity contribution in [3.8, 4) is 5.75 Å². The minimum absolute atomic E-state index is 0.00150. The van der Waals surface area contributed by atoms with Gasteiger partial charge in [-0.05, 0) is 29.7 Å². The molecule has 0 bridgehead atoms. The molecule has 3 aromatic rings. The first-order valence-corrected chi connectivity index (χ1v) is 9.23. The van der Waals surface area contributed by atoms with Gasteiger partial charge in [0.1, 0.15) is 5.75 Å². The molecule has 1 aromatic heterocycles. The number of nitrogens with zero attached hydrogens (tertiary/aromatic N) is 2. The number of aliphatic hydroxyl groups is 1. The largest absolute Gasteiger partial charge is 0.497 e. The first-order valence-electron chi connectivity index (χ1n) is 8.25. The number of benzene rings is 2. The fraction of sp³-hybridized carbons (Fsp3) is 0.250. The van der Waals surface area contributed by atoms with Crippen LogP contribution in [0.1, 0.15) is 16.8 Å². The van der Waals surface area contributed by atoms with Gasteiger partial charge in [-0.25, -0.2) is 4.98 Å². The van der Waals surface area contributed by atoms with E-state index >= 15 is 0 Å². The molecule has 4 nitrogen and oxygen atoms in total. The van der Waals surface area contributed by atoms with Gasteiger partial charge in [0.05, 0.1) is 25.6 Å². The Morgan fingerprint density at radius 1 is 1.08 bits per heavy atom. The zero-order valence-electron chi connectivity index (χ0n) is 14.3. The van der Waals surface area contributed by atoms with Gasteiger partial charge in [-0.15, -0.1) is 0 Å². The maximum Gasteiger partial charge on any atom is 0.168 e. The van der Waals surface area contributed by atoms with Gasteiger partial charge in [-0.3, -0.25) is 0 Å². The van der Waals surface area contributed by atoms with Crippen molar-refractivity contribution in [3.05, 3.63) is 77.6 Å². The summed E-state index contributed by atoms with van der Waals surface area (Å²) in [7, 11) is 1.68. The standard InChI is InChI=1S/C20H22N2O2S/c1-24-19-9-5-8-17(12-19)15-25-20-21-13-18(14-23)22(20)11-10-16-6-3-2-4-7-16/h2-9,12-13,23H,10-11,14-15H2,1H3. The fourth-order valence-electron chi connectivity index (χ4n) is 2.67. The molecule has 1 N–H and O–H groups in total. The maximum atomic E-state index is 9.60. The second kappa shape index (κ2) is 8.74. The summed E-state index contributed by atoms with van der Waals surface area (Å²) in [5.41, 5.74) is 3.32. The van der Waals surface area contributed by atoms with E-state index in [1.165, 1.54) is 11.1 Å². The predicted molar refractivity (Wildman–Crippen MR) is 101 cm³/mol. The number of aryl methyl sites for hydroxylation is 1. The van der Waals surface area contributed by atoms with Crippen LogP contribution >= 0.6 is 11.8 Å². The van der Waals surface area contributed by atoms with Crippen LogP contribution in [0, 0.1) is 0 Å². The Labute approximate surface area is 152 Å². The lowest BCUT2D eigenvalue weighted by Crippen LogP contribution is -2.07. The van der Waals surface area contributed by atoms with Crippen molar-refractivity contribution in [3.63, 3.8) is 0 Å². The van der Waals surface area contributed by atoms with E-state index in [0.717, 1.165) is 35.3 Å². The topological polar surface area (TPSA) is 47.3 Å². The lowest BCUT2D eigenvalue weighted by atomic mass is 10.1. The van der Waals surface area contributed by atoms with E-state index in [-0.39, 0.29) is 6.61 Å². The average molecular weight is 354 g/mol. The molecule has 0 atom stereocenters. The second-order valence-corrected chi connectivity index (χ2v) is 6.66. The van der Waals surface area contributed by atoms with Crippen molar-refractivity contribution < 1.29 is 9.84 Å². The third-order valence-corrected chi connectivity index (χ3v) is 5.09. The molecule has 0 fully saturated rings. The summed E-state index contributed by atoms with van der Waals surface area (Å²) in [5, 5.41) is 10.5. The smallest absolute Gasteiger partial charge is 0.168 e. The normalized spacial score (nSPS) is 10.8. The number of imidazole rings is 1. The Kier molecular flexibility index (Phi) is 6.14. The van der Waals surface area contributed by atoms with E-state index in [4.69, 9.17) is 4.74 Å². The monoisotopic (exact) mass is 354 g/mol. The Balaban J connectivity index is 1.69. The molecule has 0 saturated heterocycles. The highest BCUT2D eigenvalue weighted by molar-refractivity contribution is 7.98. The van der Waals surface area contributed by atoms with Crippen molar-refractivity contribution in [1.82, 2.24) is 9.55 Å². The van der Waals surface area contributed by atoms with E-state index in [1.54, 1.807) is 25.1 Å². The molecule has 5 heteroatoms. The molecule has 0 saturated carbocycles. The number of aliphatic hydroxyl groups excluding tert-OH is 1. The molecule has 0 aliphatic rings. The molecule has 0 aliphatic carbocycles. The summed E-state index contributed by atoms with van der Waals surface area (Å²) in [5.74, 6) is 1.67. The van der Waals surface area contributed by atoms with Gasteiger partial charge >= 0.3 is 0 Å². The number of thioether (sulfide) groups is 1. The molecule has 1 heterocycles. The highest BCUT2D eigenvalue weighted by atomic mass is 32.2. The van der Waals surface area contributed by atoms with Crippen molar-refractivity contribution in [2.24, 2.45) is 0 Å². The lowest BCUT2D eigenvalue weighted by molar-refractivity contribution is 0.269. The highest BCUT2D eigenvalue weighted by Gasteiger charge is 2.10. The molecule has 0 spiro atoms. The zero-order chi connectivity index (χ0) is 17.5. The van der Waals surface area contributed by atoms with Gasteiger partial charge < -0.3 is 14.4 Å². The van der Waals surface area contributed by atoms with Crippen LogP contribution in [-0.4, -0.2) is 21.8 Å². The minimum atomic E-state index is 0.00150. The molecule has 0 radical (unpaired) electrons. The summed E-state index contributed by atoms with van der Waals surface area (Å²) in [6, 6.07) is 18.4. The molecule has 3 rings (SSSR count). The van der Waals surface area contributed by atoms with Crippen molar-refractivity contribution >= 4 is 11.8 Å². The van der Waals surface area contributed by atoms with E-state index in [2.05, 4.69) is 39.9 Å². The Morgan fingerprint density at radius 2 is 1.88 bits per heavy atom. The van der Waals surface area contributed by atoms with Gasteiger partial charge in [-0.1, -0.05) is 54.2 Å². The number of aromatic nitrogens is 2. The molecule has 0 aliphatic heterocycles. The molecule has 130 valence electrons. The third kappa shape index (κ3) is 4.65. The summed E-state index contributed by atoms with van der Waals surface area (Å²) >= 11 is 1.68. The van der Waals surface area contributed by atoms with Crippen LogP contribution in [0.2, 0.25) is 0 Å². The van der Waals surface area contributed by atoms with Crippen LogP contribution in [0.3, 0.4) is 0 Å². The summed E-state index contributed by atoms with van der Waals surface area (Å²) in [6.45, 7) is 0.807. The van der Waals surface area contributed by atoms with Crippen LogP contribution < -0.4 is 4.74 Å². The van der Waals surface area contributed by atoms with Crippen molar-refractivity contribution in [2.45, 2.75) is 30.5 Å². The maximum absolute atomic E-state index is 9.60. The van der Waals surface area contributed by atoms with E-state index in [9.17, 15) is 5.11 Å². The predicted octanol–water partition coefficient (Wildman–Crippen LogP) is 3.92. The van der Waals surface area contributed by atoms with E-state index in [0.29, 0.717) is 0 Å². The molecule has 25 heavy (non-hydrogen) atoms. The molecule has 2 aromatic carbocycles. The van der Waals surface area contributed by atoms with Crippen LogP contribution in [0.5, 0.6) is 5.75 Å². The van der Waals surface area contributed by atoms with Gasteiger partial charge in [-0.2, -0.15) is 0 Å². The fourth-order valence-corrected chi connectivity index (χ4v) is 3.64. The van der Waals surface area contributed by atoms with E-state index in [1.807, 2.05) is 24.3 Å². The number of methoxy groups -OCH3 is 1. The molecular weight excluding hydrogens is 332 g/mol. The summed E-state index contributed by atoms with van der Waals surface area (Å²) in [4.78, 5) is 4.49. The third-order valence-electron chi connectivity index (χ3n) is 4.03. The Hall–Kier alpha value is -2.24. The lowest BCUT2D eigenvalue weighted by Gasteiger charge is -2.11. The van der Waals surface area contributed by atoms with Gasteiger partial charge in [0.25, 0.3) is 0 Å². The first kappa shape index (κ1) is 17.6. The number of ether oxygens (including phenoxy) is 1. The zero-order valence-corrected chi connectivity index (χ0v) is 15.1. The summed E-state index contributed by atoms with van der Waals surface area (Å²) < 4.78 is 7.39. The minimum Gasteiger partial charge on any atom is -0.497 e. The summed E-state index contributed by atoms with van der Waals surface area (Å²) in [6.07, 6.45) is 2.68. The molecular formula is C20H22N2O2S. The van der Waals surface area contributed by atoms with Crippen LogP contribution in [-0.2, 0) is 25.3 Å². The van der Waals surface area contributed by atoms with Crippen LogP contribution in [0.25, 0.3) is 0 Å². The highest BCUT2D eigenvalue weighted by Crippen LogP contribution is 2.25. The van der Waals surface area contributed by atoms with Crippen molar-refractivity contribution in [2.75, 3.05) is 7.11 Å². The van der Waals surface area contributed by atoms with Crippen LogP contribution in [0.15, 0.2) is 66.0 Å².